The van der Waals surface area contributed by atoms with Crippen molar-refractivity contribution in [2.24, 2.45) is 11.8 Å². The van der Waals surface area contributed by atoms with Gasteiger partial charge in [-0.3, -0.25) is 4.79 Å². The Hall–Kier alpha value is -1.43. The fraction of sp³-hybridized carbons (Fsp3) is 0.650. The summed E-state index contributed by atoms with van der Waals surface area (Å²) in [6, 6.07) is 0. The van der Waals surface area contributed by atoms with Crippen LogP contribution in [0.15, 0.2) is 36.5 Å². The van der Waals surface area contributed by atoms with Gasteiger partial charge in [0, 0.05) is 18.8 Å². The lowest BCUT2D eigenvalue weighted by molar-refractivity contribution is -0.137. The molecule has 0 aromatic rings. The molecule has 1 aliphatic carbocycles. The summed E-state index contributed by atoms with van der Waals surface area (Å²) in [5.41, 5.74) is 0. The second-order valence-corrected chi connectivity index (χ2v) is 6.67. The second kappa shape index (κ2) is 12.0. The second-order valence-electron chi connectivity index (χ2n) is 6.67. The summed E-state index contributed by atoms with van der Waals surface area (Å²) in [4.78, 5) is 10.5. The van der Waals surface area contributed by atoms with Crippen molar-refractivity contribution in [3.63, 3.8) is 0 Å². The molecular formula is C20H32O5. The van der Waals surface area contributed by atoms with E-state index in [0.717, 1.165) is 6.42 Å². The lowest BCUT2D eigenvalue weighted by atomic mass is 9.89. The number of aliphatic hydroxyl groups is 3. The molecule has 5 nitrogen and oxygen atoms in total. The monoisotopic (exact) mass is 352 g/mol. The largest absolute Gasteiger partial charge is 0.481 e. The van der Waals surface area contributed by atoms with Gasteiger partial charge in [-0.1, -0.05) is 43.4 Å². The van der Waals surface area contributed by atoms with Crippen LogP contribution in [0.5, 0.6) is 0 Å². The minimum Gasteiger partial charge on any atom is -0.481 e. The van der Waals surface area contributed by atoms with E-state index in [2.05, 4.69) is 0 Å². The molecule has 0 saturated heterocycles. The Bertz CT molecular complexity index is 469. The third kappa shape index (κ3) is 8.47. The molecule has 1 rings (SSSR count). The van der Waals surface area contributed by atoms with Gasteiger partial charge in [-0.15, -0.1) is 0 Å². The molecule has 0 aromatic heterocycles. The Morgan fingerprint density at radius 3 is 2.60 bits per heavy atom. The third-order valence-corrected chi connectivity index (χ3v) is 4.59. The number of unbranched alkanes of at least 4 members (excludes halogenated alkanes) is 1. The Morgan fingerprint density at radius 1 is 1.16 bits per heavy atom. The van der Waals surface area contributed by atoms with E-state index in [1.54, 1.807) is 6.08 Å². The Labute approximate surface area is 150 Å². The zero-order valence-electron chi connectivity index (χ0n) is 15.0. The van der Waals surface area contributed by atoms with Gasteiger partial charge >= 0.3 is 5.97 Å². The van der Waals surface area contributed by atoms with Crippen LogP contribution in [0.25, 0.3) is 0 Å². The van der Waals surface area contributed by atoms with Gasteiger partial charge in [-0.05, 0) is 38.0 Å². The Kier molecular flexibility index (Phi) is 10.4. The van der Waals surface area contributed by atoms with E-state index in [0.29, 0.717) is 32.1 Å². The van der Waals surface area contributed by atoms with Crippen LogP contribution in [0.3, 0.4) is 0 Å². The van der Waals surface area contributed by atoms with Gasteiger partial charge in [0.05, 0.1) is 18.3 Å². The minimum atomic E-state index is -0.791. The normalized spacial score (nSPS) is 28.5. The van der Waals surface area contributed by atoms with Crippen molar-refractivity contribution < 1.29 is 25.2 Å². The average Bonchev–Trinajstić information content (AvgIpc) is 2.82. The highest BCUT2D eigenvalue weighted by atomic mass is 16.4. The molecule has 1 aliphatic rings. The Balaban J connectivity index is 2.50. The topological polar surface area (TPSA) is 98.0 Å². The van der Waals surface area contributed by atoms with Crippen LogP contribution in [0.2, 0.25) is 0 Å². The van der Waals surface area contributed by atoms with E-state index < -0.39 is 24.3 Å². The molecule has 0 heterocycles. The van der Waals surface area contributed by atoms with E-state index in [1.807, 2.05) is 37.3 Å². The fourth-order valence-electron chi connectivity index (χ4n) is 3.19. The average molecular weight is 352 g/mol. The van der Waals surface area contributed by atoms with Gasteiger partial charge in [-0.2, -0.15) is 0 Å². The first kappa shape index (κ1) is 21.6. The van der Waals surface area contributed by atoms with Crippen molar-refractivity contribution in [3.05, 3.63) is 36.5 Å². The van der Waals surface area contributed by atoms with Crippen molar-refractivity contribution in [1.82, 2.24) is 0 Å². The van der Waals surface area contributed by atoms with Crippen LogP contribution in [0.1, 0.15) is 51.9 Å². The number of rotatable bonds is 11. The first-order chi connectivity index (χ1) is 12.0. The predicted molar refractivity (Wildman–Crippen MR) is 98.0 cm³/mol. The van der Waals surface area contributed by atoms with Crippen LogP contribution in [0.4, 0.5) is 0 Å². The number of carboxylic acids is 1. The standard InChI is InChI=1S/C20H32O5/c1-2-3-6-9-15(21)12-13-17-16(18(22)14-19(17)23)10-7-4-5-8-11-20(24)25/h3-4,6-7,12-13,15-19,21-23H,2,5,8-11,14H2,1H3,(H,24,25)/b6-3+,7-4-,13-12+/t15-,16+,17+,18-,19-/m0/s1. The highest BCUT2D eigenvalue weighted by Crippen LogP contribution is 2.36. The summed E-state index contributed by atoms with van der Waals surface area (Å²) in [6.07, 6.45) is 13.5. The van der Waals surface area contributed by atoms with Crippen LogP contribution in [-0.4, -0.2) is 44.7 Å². The molecule has 0 aromatic carbocycles. The molecule has 25 heavy (non-hydrogen) atoms. The maximum Gasteiger partial charge on any atom is 0.303 e. The lowest BCUT2D eigenvalue weighted by Crippen LogP contribution is -2.20. The molecule has 142 valence electrons. The minimum absolute atomic E-state index is 0.0830. The summed E-state index contributed by atoms with van der Waals surface area (Å²) >= 11 is 0. The zero-order valence-corrected chi connectivity index (χ0v) is 15.0. The maximum atomic E-state index is 10.5. The molecule has 0 bridgehead atoms. The van der Waals surface area contributed by atoms with Gasteiger partial charge in [-0.25, -0.2) is 0 Å². The van der Waals surface area contributed by atoms with Crippen LogP contribution in [-0.2, 0) is 4.79 Å². The summed E-state index contributed by atoms with van der Waals surface area (Å²) in [6.45, 7) is 2.04. The number of carboxylic acid groups (broad SMARTS) is 1. The summed E-state index contributed by atoms with van der Waals surface area (Å²) < 4.78 is 0. The van der Waals surface area contributed by atoms with Crippen molar-refractivity contribution in [1.29, 1.82) is 0 Å². The Morgan fingerprint density at radius 2 is 1.92 bits per heavy atom. The van der Waals surface area contributed by atoms with E-state index in [4.69, 9.17) is 5.11 Å². The molecule has 0 aliphatic heterocycles. The lowest BCUT2D eigenvalue weighted by Gasteiger charge is -2.19. The van der Waals surface area contributed by atoms with Crippen molar-refractivity contribution in [3.8, 4) is 0 Å². The number of hydrogen-bond donors (Lipinski definition) is 4. The maximum absolute atomic E-state index is 10.5. The number of carbonyl (C=O) groups is 1. The van der Waals surface area contributed by atoms with E-state index >= 15 is 0 Å². The van der Waals surface area contributed by atoms with Crippen LogP contribution < -0.4 is 0 Å². The molecule has 5 atom stereocenters. The van der Waals surface area contributed by atoms with Gasteiger partial charge < -0.3 is 20.4 Å². The number of hydrogen-bond acceptors (Lipinski definition) is 4. The number of allylic oxidation sites excluding steroid dienone is 3. The molecule has 0 spiro atoms. The van der Waals surface area contributed by atoms with Gasteiger partial charge in [0.1, 0.15) is 0 Å². The summed E-state index contributed by atoms with van der Waals surface area (Å²) in [5.74, 6) is -1.05. The SMILES string of the molecule is CC/C=C/C[C@H](O)/C=C/[C@@H]1[C@@H](C/C=C\CCCC(=O)O)[C@@H](O)C[C@@H]1O. The molecule has 1 fully saturated rings. The van der Waals surface area contributed by atoms with E-state index in [1.165, 1.54) is 0 Å². The highest BCUT2D eigenvalue weighted by molar-refractivity contribution is 5.66. The van der Waals surface area contributed by atoms with Crippen molar-refractivity contribution >= 4 is 5.97 Å². The van der Waals surface area contributed by atoms with Gasteiger partial charge in [0.25, 0.3) is 0 Å². The quantitative estimate of drug-likeness (QED) is 0.339. The van der Waals surface area contributed by atoms with Gasteiger partial charge in [0.2, 0.25) is 0 Å². The molecule has 1 saturated carbocycles. The third-order valence-electron chi connectivity index (χ3n) is 4.59. The smallest absolute Gasteiger partial charge is 0.303 e. The molecule has 5 heteroatoms. The number of aliphatic hydroxyl groups excluding tert-OH is 3. The molecule has 0 amide bonds. The molecule has 0 unspecified atom stereocenters. The van der Waals surface area contributed by atoms with Crippen molar-refractivity contribution in [2.75, 3.05) is 0 Å². The predicted octanol–water partition coefficient (Wildman–Crippen LogP) is 2.82. The van der Waals surface area contributed by atoms with Crippen molar-refractivity contribution in [2.45, 2.75) is 70.2 Å². The first-order valence-electron chi connectivity index (χ1n) is 9.20. The van der Waals surface area contributed by atoms with E-state index in [-0.39, 0.29) is 18.3 Å². The number of aliphatic carboxylic acids is 1. The van der Waals surface area contributed by atoms with Gasteiger partial charge in [0.15, 0.2) is 0 Å². The molecule has 0 radical (unpaired) electrons. The van der Waals surface area contributed by atoms with E-state index in [9.17, 15) is 20.1 Å². The first-order valence-corrected chi connectivity index (χ1v) is 9.20. The van der Waals surface area contributed by atoms with Crippen LogP contribution >= 0.6 is 0 Å². The summed E-state index contributed by atoms with van der Waals surface area (Å²) in [7, 11) is 0. The molecule has 4 N–H and O–H groups in total. The fourth-order valence-corrected chi connectivity index (χ4v) is 3.19. The van der Waals surface area contributed by atoms with Crippen LogP contribution in [0, 0.1) is 11.8 Å². The summed E-state index contributed by atoms with van der Waals surface area (Å²) in [5, 5.41) is 38.9. The highest BCUT2D eigenvalue weighted by Gasteiger charge is 2.39. The molecular weight excluding hydrogens is 320 g/mol. The zero-order chi connectivity index (χ0) is 18.7.